The van der Waals surface area contributed by atoms with Gasteiger partial charge >= 0.3 is 0 Å². The molecule has 0 saturated carbocycles. The average Bonchev–Trinajstić information content (AvgIpc) is 2.57. The highest BCUT2D eigenvalue weighted by Crippen LogP contribution is 2.25. The van der Waals surface area contributed by atoms with Crippen LogP contribution in [0.15, 0.2) is 42.5 Å². The second-order valence-electron chi connectivity index (χ2n) is 5.52. The lowest BCUT2D eigenvalue weighted by Gasteiger charge is -2.28. The van der Waals surface area contributed by atoms with Crippen LogP contribution in [0.3, 0.4) is 0 Å². The summed E-state index contributed by atoms with van der Waals surface area (Å²) < 4.78 is 57.7. The molecule has 1 N–H and O–H groups in total. The summed E-state index contributed by atoms with van der Waals surface area (Å²) in [6.07, 6.45) is 0.935. The number of ether oxygens (including phenoxy) is 1. The Hall–Kier alpha value is -2.68. The number of hydrogen-bond donors (Lipinski definition) is 1. The van der Waals surface area contributed by atoms with Gasteiger partial charge in [0.05, 0.1) is 19.1 Å². The quantitative estimate of drug-likeness (QED) is 0.831. The lowest BCUT2D eigenvalue weighted by Crippen LogP contribution is -2.45. The molecule has 2 rings (SSSR count). The van der Waals surface area contributed by atoms with Crippen molar-refractivity contribution < 1.29 is 26.7 Å². The molecular formula is C17H18F2N2O4S. The Labute approximate surface area is 150 Å². The van der Waals surface area contributed by atoms with E-state index in [2.05, 4.69) is 5.32 Å². The number of para-hydroxylation sites is 1. The van der Waals surface area contributed by atoms with Crippen LogP contribution >= 0.6 is 0 Å². The summed E-state index contributed by atoms with van der Waals surface area (Å²) in [7, 11) is -2.39. The van der Waals surface area contributed by atoms with Gasteiger partial charge in [0.2, 0.25) is 15.9 Å². The lowest BCUT2D eigenvalue weighted by atomic mass is 10.2. The van der Waals surface area contributed by atoms with E-state index >= 15 is 0 Å². The highest BCUT2D eigenvalue weighted by atomic mass is 32.2. The SMILES string of the molecule is COc1ccc(N([C@@H](C)C(=O)Nc2c(F)cccc2F)S(C)(=O)=O)cc1. The average molecular weight is 384 g/mol. The molecule has 0 fully saturated rings. The van der Waals surface area contributed by atoms with Crippen LogP contribution in [-0.2, 0) is 14.8 Å². The predicted molar refractivity (Wildman–Crippen MR) is 94.8 cm³/mol. The summed E-state index contributed by atoms with van der Waals surface area (Å²) in [5.74, 6) is -2.29. The molecule has 0 saturated heterocycles. The number of rotatable bonds is 6. The van der Waals surface area contributed by atoms with Gasteiger partial charge in [-0.1, -0.05) is 6.07 Å². The highest BCUT2D eigenvalue weighted by molar-refractivity contribution is 7.92. The normalized spacial score (nSPS) is 12.3. The number of nitrogens with one attached hydrogen (secondary N) is 1. The molecule has 0 aliphatic rings. The fourth-order valence-electron chi connectivity index (χ4n) is 2.38. The van der Waals surface area contributed by atoms with Crippen molar-refractivity contribution in [2.75, 3.05) is 23.0 Å². The van der Waals surface area contributed by atoms with Gasteiger partial charge in [0.25, 0.3) is 0 Å². The first-order valence-electron chi connectivity index (χ1n) is 7.53. The molecule has 2 aromatic rings. The maximum absolute atomic E-state index is 13.7. The van der Waals surface area contributed by atoms with Crippen molar-refractivity contribution in [3.63, 3.8) is 0 Å². The molecule has 140 valence electrons. The van der Waals surface area contributed by atoms with E-state index < -0.39 is 39.3 Å². The van der Waals surface area contributed by atoms with Gasteiger partial charge in [0.1, 0.15) is 29.1 Å². The molecule has 1 amide bonds. The van der Waals surface area contributed by atoms with Crippen LogP contribution in [0.2, 0.25) is 0 Å². The van der Waals surface area contributed by atoms with E-state index in [1.165, 1.54) is 38.3 Å². The first kappa shape index (κ1) is 19.6. The number of anilines is 2. The zero-order chi connectivity index (χ0) is 19.5. The van der Waals surface area contributed by atoms with E-state index in [9.17, 15) is 22.0 Å². The van der Waals surface area contributed by atoms with E-state index in [1.54, 1.807) is 0 Å². The monoisotopic (exact) mass is 384 g/mol. The van der Waals surface area contributed by atoms with Gasteiger partial charge in [-0.2, -0.15) is 0 Å². The zero-order valence-corrected chi connectivity index (χ0v) is 15.2. The van der Waals surface area contributed by atoms with Crippen LogP contribution in [0.1, 0.15) is 6.92 Å². The fraction of sp³-hybridized carbons (Fsp3) is 0.235. The molecule has 1 atom stereocenters. The van der Waals surface area contributed by atoms with Crippen LogP contribution in [0, 0.1) is 11.6 Å². The molecule has 9 heteroatoms. The third kappa shape index (κ3) is 4.29. The van der Waals surface area contributed by atoms with Crippen molar-refractivity contribution in [1.82, 2.24) is 0 Å². The maximum atomic E-state index is 13.7. The van der Waals surface area contributed by atoms with Crippen LogP contribution < -0.4 is 14.4 Å². The number of carbonyl (C=O) groups excluding carboxylic acids is 1. The minimum absolute atomic E-state index is 0.213. The van der Waals surface area contributed by atoms with Gasteiger partial charge in [-0.25, -0.2) is 17.2 Å². The number of amides is 1. The Morgan fingerprint density at radius 2 is 1.65 bits per heavy atom. The van der Waals surface area contributed by atoms with Crippen molar-refractivity contribution in [2.24, 2.45) is 0 Å². The van der Waals surface area contributed by atoms with Crippen LogP contribution in [-0.4, -0.2) is 33.7 Å². The molecule has 0 heterocycles. The highest BCUT2D eigenvalue weighted by Gasteiger charge is 2.30. The van der Waals surface area contributed by atoms with Crippen LogP contribution in [0.25, 0.3) is 0 Å². The summed E-state index contributed by atoms with van der Waals surface area (Å²) in [5.41, 5.74) is -0.419. The summed E-state index contributed by atoms with van der Waals surface area (Å²) in [4.78, 5) is 12.4. The predicted octanol–water partition coefficient (Wildman–Crippen LogP) is 2.77. The van der Waals surface area contributed by atoms with Gasteiger partial charge in [0.15, 0.2) is 0 Å². The third-order valence-electron chi connectivity index (χ3n) is 3.63. The number of nitrogens with zero attached hydrogens (tertiary/aromatic N) is 1. The standard InChI is InChI=1S/C17H18F2N2O4S/c1-11(17(22)20-16-14(18)5-4-6-15(16)19)21(26(3,23)24)12-7-9-13(25-2)10-8-12/h4-11H,1-3H3,(H,20,22)/t11-/m0/s1. The van der Waals surface area contributed by atoms with Crippen molar-refractivity contribution in [2.45, 2.75) is 13.0 Å². The maximum Gasteiger partial charge on any atom is 0.248 e. The summed E-state index contributed by atoms with van der Waals surface area (Å²) in [6.45, 7) is 1.32. The fourth-order valence-corrected chi connectivity index (χ4v) is 3.56. The summed E-state index contributed by atoms with van der Waals surface area (Å²) in [6, 6.07) is 7.88. The minimum Gasteiger partial charge on any atom is -0.497 e. The minimum atomic E-state index is -3.85. The Morgan fingerprint density at radius 3 is 2.12 bits per heavy atom. The van der Waals surface area contributed by atoms with Crippen molar-refractivity contribution in [3.05, 3.63) is 54.1 Å². The van der Waals surface area contributed by atoms with E-state index in [0.29, 0.717) is 5.75 Å². The first-order valence-corrected chi connectivity index (χ1v) is 9.38. The summed E-state index contributed by atoms with van der Waals surface area (Å²) >= 11 is 0. The number of sulfonamides is 1. The number of carbonyl (C=O) groups is 1. The van der Waals surface area contributed by atoms with Gasteiger partial charge in [-0.15, -0.1) is 0 Å². The van der Waals surface area contributed by atoms with Gasteiger partial charge in [0, 0.05) is 0 Å². The summed E-state index contributed by atoms with van der Waals surface area (Å²) in [5, 5.41) is 2.10. The van der Waals surface area contributed by atoms with Crippen LogP contribution in [0.4, 0.5) is 20.2 Å². The Morgan fingerprint density at radius 1 is 1.12 bits per heavy atom. The van der Waals surface area contributed by atoms with Gasteiger partial charge in [-0.05, 0) is 43.3 Å². The topological polar surface area (TPSA) is 75.7 Å². The third-order valence-corrected chi connectivity index (χ3v) is 4.87. The number of hydrogen-bond acceptors (Lipinski definition) is 4. The molecular weight excluding hydrogens is 366 g/mol. The molecule has 26 heavy (non-hydrogen) atoms. The van der Waals surface area contributed by atoms with Gasteiger partial charge in [-0.3, -0.25) is 9.10 Å². The molecule has 2 aromatic carbocycles. The van der Waals surface area contributed by atoms with E-state index in [0.717, 1.165) is 28.8 Å². The van der Waals surface area contributed by atoms with Crippen molar-refractivity contribution in [1.29, 1.82) is 0 Å². The smallest absolute Gasteiger partial charge is 0.248 e. The largest absolute Gasteiger partial charge is 0.497 e. The van der Waals surface area contributed by atoms with E-state index in [1.807, 2.05) is 0 Å². The Balaban J connectivity index is 2.34. The molecule has 0 aliphatic heterocycles. The second kappa shape index (κ2) is 7.69. The lowest BCUT2D eigenvalue weighted by molar-refractivity contribution is -0.116. The first-order chi connectivity index (χ1) is 12.1. The molecule has 0 unspecified atom stereocenters. The molecule has 0 spiro atoms. The van der Waals surface area contributed by atoms with Gasteiger partial charge < -0.3 is 10.1 Å². The van der Waals surface area contributed by atoms with E-state index in [-0.39, 0.29) is 5.69 Å². The van der Waals surface area contributed by atoms with Crippen molar-refractivity contribution in [3.8, 4) is 5.75 Å². The van der Waals surface area contributed by atoms with Crippen molar-refractivity contribution >= 4 is 27.3 Å². The molecule has 6 nitrogen and oxygen atoms in total. The Bertz CT molecular complexity index is 881. The molecule has 0 aliphatic carbocycles. The number of halogens is 2. The molecule has 0 bridgehead atoms. The van der Waals surface area contributed by atoms with Crippen LogP contribution in [0.5, 0.6) is 5.75 Å². The second-order valence-corrected chi connectivity index (χ2v) is 7.38. The molecule has 0 aromatic heterocycles. The molecule has 0 radical (unpaired) electrons. The van der Waals surface area contributed by atoms with E-state index in [4.69, 9.17) is 4.74 Å². The number of benzene rings is 2. The zero-order valence-electron chi connectivity index (χ0n) is 14.4. The Kier molecular flexibility index (Phi) is 5.81. The number of methoxy groups -OCH3 is 1.